The minimum absolute atomic E-state index is 0.00789. The molecule has 0 saturated heterocycles. The van der Waals surface area contributed by atoms with Gasteiger partial charge >= 0.3 is 11.9 Å². The van der Waals surface area contributed by atoms with Crippen LogP contribution < -0.4 is 5.32 Å². The summed E-state index contributed by atoms with van der Waals surface area (Å²) in [5.41, 5.74) is 2.58. The maximum atomic E-state index is 14.2. The quantitative estimate of drug-likeness (QED) is 0.264. The largest absolute Gasteiger partial charge is 0.465 e. The maximum absolute atomic E-state index is 14.2. The normalized spacial score (nSPS) is 11.5. The predicted molar refractivity (Wildman–Crippen MR) is 150 cm³/mol. The number of carbonyl (C=O) groups excluding carboxylic acids is 2. The third-order valence-corrected chi connectivity index (χ3v) is 8.43. The van der Waals surface area contributed by atoms with Crippen molar-refractivity contribution in [2.24, 2.45) is 0 Å². The molecule has 39 heavy (non-hydrogen) atoms. The molecule has 0 aliphatic heterocycles. The van der Waals surface area contributed by atoms with Crippen LogP contribution in [0.25, 0.3) is 21.8 Å². The number of fused-ring (bicyclic) bond motifs is 3. The number of methoxy groups -OCH3 is 2. The Morgan fingerprint density at radius 2 is 1.36 bits per heavy atom. The molecule has 1 heterocycles. The molecule has 8 nitrogen and oxygen atoms in total. The van der Waals surface area contributed by atoms with Crippen LogP contribution in [0.3, 0.4) is 0 Å². The van der Waals surface area contributed by atoms with E-state index in [2.05, 4.69) is 5.32 Å². The Morgan fingerprint density at radius 3 is 2.00 bits per heavy atom. The number of nitrogens with one attached hydrogen (secondary N) is 1. The first-order valence-electron chi connectivity index (χ1n) is 12.1. The van der Waals surface area contributed by atoms with Gasteiger partial charge in [-0.1, -0.05) is 54.1 Å². The van der Waals surface area contributed by atoms with E-state index in [1.807, 2.05) is 19.1 Å². The summed E-state index contributed by atoms with van der Waals surface area (Å²) in [4.78, 5) is 26.6. The number of aromatic nitrogens is 1. The Labute approximate surface area is 225 Å². The Morgan fingerprint density at radius 1 is 0.769 bits per heavy atom. The van der Waals surface area contributed by atoms with Gasteiger partial charge in [-0.15, -0.1) is 0 Å². The number of nitrogens with zero attached hydrogens (tertiary/aromatic N) is 1. The van der Waals surface area contributed by atoms with E-state index in [1.165, 1.54) is 30.3 Å². The smallest absolute Gasteiger partial charge is 0.340 e. The van der Waals surface area contributed by atoms with Gasteiger partial charge in [-0.3, -0.25) is 0 Å². The number of para-hydroxylation sites is 1. The Kier molecular flexibility index (Phi) is 6.61. The summed E-state index contributed by atoms with van der Waals surface area (Å²) in [6.07, 6.45) is 0. The van der Waals surface area contributed by atoms with Crippen LogP contribution in [0.1, 0.15) is 31.8 Å². The fourth-order valence-electron chi connectivity index (χ4n) is 4.89. The lowest BCUT2D eigenvalue weighted by Crippen LogP contribution is -2.19. The van der Waals surface area contributed by atoms with Gasteiger partial charge in [0, 0.05) is 16.5 Å². The lowest BCUT2D eigenvalue weighted by atomic mass is 9.94. The summed E-state index contributed by atoms with van der Waals surface area (Å²) in [6.45, 7) is 3.61. The SMILES string of the molecule is COC(=O)c1c(C(=O)OC)c(Nc2ccc(C)cc2)c2c(c1C)c1ccccc1n2S(=O)(=O)c1ccccc1. The third kappa shape index (κ3) is 4.21. The first-order chi connectivity index (χ1) is 18.7. The van der Waals surface area contributed by atoms with Crippen LogP contribution in [0.15, 0.2) is 83.8 Å². The van der Waals surface area contributed by atoms with Gasteiger partial charge in [0.25, 0.3) is 10.0 Å². The molecule has 198 valence electrons. The highest BCUT2D eigenvalue weighted by Crippen LogP contribution is 2.43. The molecular weight excluding hydrogens is 516 g/mol. The molecule has 0 unspecified atom stereocenters. The summed E-state index contributed by atoms with van der Waals surface area (Å²) < 4.78 is 39.9. The van der Waals surface area contributed by atoms with Gasteiger partial charge in [0.15, 0.2) is 0 Å². The van der Waals surface area contributed by atoms with Crippen molar-refractivity contribution in [2.45, 2.75) is 18.7 Å². The highest BCUT2D eigenvalue weighted by molar-refractivity contribution is 7.90. The second kappa shape index (κ2) is 9.92. The molecule has 0 atom stereocenters. The summed E-state index contributed by atoms with van der Waals surface area (Å²) in [5, 5.41) is 4.32. The molecule has 5 aromatic rings. The third-order valence-electron chi connectivity index (χ3n) is 6.70. The van der Waals surface area contributed by atoms with Gasteiger partial charge < -0.3 is 14.8 Å². The first kappa shape index (κ1) is 26.0. The molecule has 0 radical (unpaired) electrons. The second-order valence-corrected chi connectivity index (χ2v) is 10.8. The Balaban J connectivity index is 2.05. The van der Waals surface area contributed by atoms with Crippen LogP contribution in [0.5, 0.6) is 0 Å². The van der Waals surface area contributed by atoms with Gasteiger partial charge in [0.2, 0.25) is 0 Å². The zero-order valence-electron chi connectivity index (χ0n) is 21.8. The van der Waals surface area contributed by atoms with Crippen molar-refractivity contribution >= 4 is 55.1 Å². The number of hydrogen-bond acceptors (Lipinski definition) is 7. The van der Waals surface area contributed by atoms with E-state index in [0.29, 0.717) is 27.5 Å². The number of ether oxygens (including phenoxy) is 2. The molecule has 0 spiro atoms. The average molecular weight is 543 g/mol. The van der Waals surface area contributed by atoms with E-state index in [9.17, 15) is 18.0 Å². The molecule has 0 amide bonds. The fraction of sp³-hybridized carbons (Fsp3) is 0.133. The van der Waals surface area contributed by atoms with Crippen LogP contribution in [0.4, 0.5) is 11.4 Å². The molecule has 0 aliphatic rings. The summed E-state index contributed by atoms with van der Waals surface area (Å²) in [5.74, 6) is -1.56. The van der Waals surface area contributed by atoms with E-state index < -0.39 is 22.0 Å². The van der Waals surface area contributed by atoms with E-state index in [-0.39, 0.29) is 27.2 Å². The molecular formula is C30H26N2O6S. The highest BCUT2D eigenvalue weighted by atomic mass is 32.2. The molecule has 5 rings (SSSR count). The Hall–Kier alpha value is -4.63. The number of esters is 2. The summed E-state index contributed by atoms with van der Waals surface area (Å²) >= 11 is 0. The van der Waals surface area contributed by atoms with Crippen molar-refractivity contribution in [1.82, 2.24) is 3.97 Å². The van der Waals surface area contributed by atoms with E-state index >= 15 is 0 Å². The zero-order chi connectivity index (χ0) is 27.9. The summed E-state index contributed by atoms with van der Waals surface area (Å²) in [7, 11) is -1.74. The fourth-order valence-corrected chi connectivity index (χ4v) is 6.44. The minimum atomic E-state index is -4.17. The van der Waals surface area contributed by atoms with Crippen molar-refractivity contribution in [2.75, 3.05) is 19.5 Å². The molecule has 4 aromatic carbocycles. The second-order valence-electron chi connectivity index (χ2n) is 9.05. The van der Waals surface area contributed by atoms with Gasteiger partial charge in [0.1, 0.15) is 5.56 Å². The number of aryl methyl sites for hydroxylation is 2. The van der Waals surface area contributed by atoms with Gasteiger partial charge in [-0.05, 0) is 49.7 Å². The number of anilines is 2. The maximum Gasteiger partial charge on any atom is 0.340 e. The van der Waals surface area contributed by atoms with Crippen LogP contribution in [0, 0.1) is 13.8 Å². The average Bonchev–Trinajstić information content (AvgIpc) is 3.31. The topological polar surface area (TPSA) is 104 Å². The molecule has 0 bridgehead atoms. The van der Waals surface area contributed by atoms with E-state index in [4.69, 9.17) is 9.47 Å². The van der Waals surface area contributed by atoms with Crippen LogP contribution in [-0.4, -0.2) is 38.5 Å². The van der Waals surface area contributed by atoms with Crippen LogP contribution in [-0.2, 0) is 19.5 Å². The summed E-state index contributed by atoms with van der Waals surface area (Å²) in [6, 6.07) is 22.4. The lowest BCUT2D eigenvalue weighted by molar-refractivity contribution is 0.0555. The first-order valence-corrected chi connectivity index (χ1v) is 13.5. The molecule has 0 saturated carbocycles. The molecule has 1 N–H and O–H groups in total. The van der Waals surface area contributed by atoms with E-state index in [1.54, 1.807) is 61.5 Å². The minimum Gasteiger partial charge on any atom is -0.465 e. The van der Waals surface area contributed by atoms with Gasteiger partial charge in [-0.25, -0.2) is 22.0 Å². The van der Waals surface area contributed by atoms with Crippen molar-refractivity contribution < 1.29 is 27.5 Å². The molecule has 9 heteroatoms. The lowest BCUT2D eigenvalue weighted by Gasteiger charge is -2.20. The van der Waals surface area contributed by atoms with Crippen LogP contribution in [0.2, 0.25) is 0 Å². The molecule has 0 fully saturated rings. The van der Waals surface area contributed by atoms with Crippen molar-refractivity contribution in [3.05, 3.63) is 101 Å². The standard InChI is InChI=1S/C30H26N2O6S/c1-18-14-16-20(17-15-18)31-27-26(30(34)38-4)25(29(33)37-3)19(2)24-22-12-8-9-13-23(22)32(28(24)27)39(35,36)21-10-6-5-7-11-21/h5-17,31H,1-4H3. The Bertz CT molecular complexity index is 1860. The number of hydrogen-bond donors (Lipinski definition) is 1. The number of benzene rings is 4. The van der Waals surface area contributed by atoms with E-state index in [0.717, 1.165) is 5.56 Å². The van der Waals surface area contributed by atoms with Gasteiger partial charge in [0.05, 0.1) is 41.4 Å². The van der Waals surface area contributed by atoms with Crippen LogP contribution >= 0.6 is 0 Å². The molecule has 0 aliphatic carbocycles. The molecule has 1 aromatic heterocycles. The monoisotopic (exact) mass is 542 g/mol. The zero-order valence-corrected chi connectivity index (χ0v) is 22.6. The predicted octanol–water partition coefficient (Wildman–Crippen LogP) is 5.97. The number of carbonyl (C=O) groups is 2. The number of rotatable bonds is 6. The van der Waals surface area contributed by atoms with Crippen molar-refractivity contribution in [3.8, 4) is 0 Å². The van der Waals surface area contributed by atoms with Crippen molar-refractivity contribution in [3.63, 3.8) is 0 Å². The highest BCUT2D eigenvalue weighted by Gasteiger charge is 2.34. The van der Waals surface area contributed by atoms with Gasteiger partial charge in [-0.2, -0.15) is 0 Å². The van der Waals surface area contributed by atoms with Crippen molar-refractivity contribution in [1.29, 1.82) is 0 Å².